The number of piperazine rings is 1. The predicted octanol–water partition coefficient (Wildman–Crippen LogP) is 2.62. The van der Waals surface area contributed by atoms with Crippen LogP contribution in [0, 0.1) is 20.8 Å². The Morgan fingerprint density at radius 2 is 1.61 bits per heavy atom. The number of carbonyl (C=O) groups is 1. The van der Waals surface area contributed by atoms with Crippen LogP contribution in [0.2, 0.25) is 0 Å². The van der Waals surface area contributed by atoms with Crippen molar-refractivity contribution in [3.63, 3.8) is 0 Å². The topological polar surface area (TPSA) is 62.6 Å². The van der Waals surface area contributed by atoms with E-state index in [0.29, 0.717) is 37.6 Å². The van der Waals surface area contributed by atoms with E-state index >= 15 is 0 Å². The number of carbonyl (C=O) groups excluding carboxylic acids is 1. The first-order valence-corrected chi connectivity index (χ1v) is 11.2. The van der Waals surface area contributed by atoms with Gasteiger partial charge < -0.3 is 4.57 Å². The molecule has 0 radical (unpaired) electrons. The number of sulfonamides is 1. The molecule has 28 heavy (non-hydrogen) atoms. The lowest BCUT2D eigenvalue weighted by Crippen LogP contribution is -2.49. The van der Waals surface area contributed by atoms with E-state index in [1.807, 2.05) is 43.9 Å². The third-order valence-electron chi connectivity index (χ3n) is 5.55. The van der Waals surface area contributed by atoms with Crippen LogP contribution in [0.3, 0.4) is 0 Å². The second kappa shape index (κ2) is 8.19. The van der Waals surface area contributed by atoms with E-state index < -0.39 is 10.0 Å². The first-order chi connectivity index (χ1) is 13.2. The standard InChI is InChI=1S/C21H29N3O3S/c1-5-24-17(3)14-20(18(24)4)21(25)15-22-10-12-23(13-11-22)28(26,27)19-8-6-16(2)7-9-19/h6-9,14H,5,10-13,15H2,1-4H3. The van der Waals surface area contributed by atoms with Crippen molar-refractivity contribution in [2.24, 2.45) is 0 Å². The van der Waals surface area contributed by atoms with Crippen LogP contribution in [-0.4, -0.2) is 60.7 Å². The summed E-state index contributed by atoms with van der Waals surface area (Å²) in [6, 6.07) is 8.90. The average molecular weight is 404 g/mol. The van der Waals surface area contributed by atoms with E-state index in [0.717, 1.165) is 29.1 Å². The van der Waals surface area contributed by atoms with Gasteiger partial charge in [0.1, 0.15) is 0 Å². The quantitative estimate of drug-likeness (QED) is 0.696. The average Bonchev–Trinajstić information content (AvgIpc) is 2.96. The van der Waals surface area contributed by atoms with Crippen molar-refractivity contribution in [2.45, 2.75) is 39.1 Å². The van der Waals surface area contributed by atoms with Crippen LogP contribution in [0.15, 0.2) is 35.2 Å². The molecule has 1 saturated heterocycles. The fourth-order valence-electron chi connectivity index (χ4n) is 3.85. The number of hydrogen-bond donors (Lipinski definition) is 0. The summed E-state index contributed by atoms with van der Waals surface area (Å²) in [4.78, 5) is 15.1. The maximum absolute atomic E-state index is 12.8. The second-order valence-corrected chi connectivity index (χ2v) is 9.38. The van der Waals surface area contributed by atoms with Crippen molar-refractivity contribution in [3.05, 3.63) is 52.8 Å². The second-order valence-electron chi connectivity index (χ2n) is 7.45. The number of Topliss-reactive ketones (excluding diaryl/α,β-unsaturated/α-hetero) is 1. The summed E-state index contributed by atoms with van der Waals surface area (Å²) in [5.41, 5.74) is 3.90. The number of benzene rings is 1. The van der Waals surface area contributed by atoms with Crippen molar-refractivity contribution in [2.75, 3.05) is 32.7 Å². The van der Waals surface area contributed by atoms with Gasteiger partial charge in [-0.05, 0) is 45.9 Å². The van der Waals surface area contributed by atoms with Gasteiger partial charge in [-0.25, -0.2) is 8.42 Å². The monoisotopic (exact) mass is 403 g/mol. The number of nitrogens with zero attached hydrogens (tertiary/aromatic N) is 3. The maximum Gasteiger partial charge on any atom is 0.243 e. The van der Waals surface area contributed by atoms with Gasteiger partial charge in [-0.15, -0.1) is 0 Å². The highest BCUT2D eigenvalue weighted by Gasteiger charge is 2.29. The number of aromatic nitrogens is 1. The maximum atomic E-state index is 12.8. The zero-order valence-corrected chi connectivity index (χ0v) is 17.9. The van der Waals surface area contributed by atoms with Gasteiger partial charge in [0.25, 0.3) is 0 Å². The first kappa shape index (κ1) is 20.8. The fraction of sp³-hybridized carbons (Fsp3) is 0.476. The van der Waals surface area contributed by atoms with Crippen LogP contribution >= 0.6 is 0 Å². The molecule has 0 spiro atoms. The van der Waals surface area contributed by atoms with Gasteiger partial charge in [0, 0.05) is 49.7 Å². The van der Waals surface area contributed by atoms with Gasteiger partial charge in [0.2, 0.25) is 10.0 Å². The molecule has 1 fully saturated rings. The van der Waals surface area contributed by atoms with Crippen LogP contribution in [-0.2, 0) is 16.6 Å². The van der Waals surface area contributed by atoms with E-state index in [1.165, 1.54) is 4.31 Å². The Bertz CT molecular complexity index is 954. The molecule has 0 N–H and O–H groups in total. The lowest BCUT2D eigenvalue weighted by atomic mass is 10.1. The van der Waals surface area contributed by atoms with Gasteiger partial charge >= 0.3 is 0 Å². The molecule has 2 heterocycles. The first-order valence-electron chi connectivity index (χ1n) is 9.73. The molecule has 1 aliphatic rings. The Morgan fingerprint density at radius 3 is 2.14 bits per heavy atom. The Hall–Kier alpha value is -1.96. The zero-order valence-electron chi connectivity index (χ0n) is 17.1. The molecule has 1 aromatic carbocycles. The summed E-state index contributed by atoms with van der Waals surface area (Å²) in [5.74, 6) is 0.0997. The Morgan fingerprint density at radius 1 is 1.00 bits per heavy atom. The third-order valence-corrected chi connectivity index (χ3v) is 7.46. The minimum Gasteiger partial charge on any atom is -0.349 e. The Kier molecular flexibility index (Phi) is 6.07. The molecule has 7 heteroatoms. The molecule has 0 amide bonds. The summed E-state index contributed by atoms with van der Waals surface area (Å²) in [5, 5.41) is 0. The zero-order chi connectivity index (χ0) is 20.5. The van der Waals surface area contributed by atoms with E-state index in [9.17, 15) is 13.2 Å². The highest BCUT2D eigenvalue weighted by atomic mass is 32.2. The summed E-state index contributed by atoms with van der Waals surface area (Å²) in [6.45, 7) is 11.1. The highest BCUT2D eigenvalue weighted by Crippen LogP contribution is 2.19. The smallest absolute Gasteiger partial charge is 0.243 e. The van der Waals surface area contributed by atoms with Gasteiger partial charge in [-0.3, -0.25) is 9.69 Å². The molecule has 1 aliphatic heterocycles. The molecule has 0 saturated carbocycles. The molecule has 2 aromatic rings. The molecule has 6 nitrogen and oxygen atoms in total. The molecule has 0 unspecified atom stereocenters. The molecular weight excluding hydrogens is 374 g/mol. The van der Waals surface area contributed by atoms with Crippen LogP contribution in [0.5, 0.6) is 0 Å². The summed E-state index contributed by atoms with van der Waals surface area (Å²) in [6.07, 6.45) is 0. The number of aryl methyl sites for hydroxylation is 2. The van der Waals surface area contributed by atoms with E-state index in [4.69, 9.17) is 0 Å². The van der Waals surface area contributed by atoms with Gasteiger partial charge in [0.05, 0.1) is 11.4 Å². The molecule has 1 aromatic heterocycles. The van der Waals surface area contributed by atoms with Crippen LogP contribution in [0.25, 0.3) is 0 Å². The van der Waals surface area contributed by atoms with Crippen LogP contribution in [0.4, 0.5) is 0 Å². The van der Waals surface area contributed by atoms with Crippen molar-refractivity contribution in [1.82, 2.24) is 13.8 Å². The largest absolute Gasteiger partial charge is 0.349 e. The van der Waals surface area contributed by atoms with Gasteiger partial charge in [-0.2, -0.15) is 4.31 Å². The van der Waals surface area contributed by atoms with Crippen molar-refractivity contribution in [3.8, 4) is 0 Å². The SMILES string of the molecule is CCn1c(C)cc(C(=O)CN2CCN(S(=O)(=O)c3ccc(C)cc3)CC2)c1C. The molecular formula is C21H29N3O3S. The van der Waals surface area contributed by atoms with Crippen molar-refractivity contribution in [1.29, 1.82) is 0 Å². The van der Waals surface area contributed by atoms with Crippen LogP contribution in [0.1, 0.15) is 34.2 Å². The van der Waals surface area contributed by atoms with E-state index in [2.05, 4.69) is 11.5 Å². The molecule has 0 bridgehead atoms. The Balaban J connectivity index is 1.62. The lowest BCUT2D eigenvalue weighted by molar-refractivity contribution is 0.0901. The lowest BCUT2D eigenvalue weighted by Gasteiger charge is -2.33. The summed E-state index contributed by atoms with van der Waals surface area (Å²) < 4.78 is 29.3. The van der Waals surface area contributed by atoms with Crippen molar-refractivity contribution < 1.29 is 13.2 Å². The molecule has 0 aliphatic carbocycles. The van der Waals surface area contributed by atoms with Gasteiger partial charge in [0.15, 0.2) is 5.78 Å². The van der Waals surface area contributed by atoms with Gasteiger partial charge in [-0.1, -0.05) is 17.7 Å². The van der Waals surface area contributed by atoms with Crippen molar-refractivity contribution >= 4 is 15.8 Å². The molecule has 0 atom stereocenters. The normalized spacial score (nSPS) is 16.4. The number of ketones is 1. The molecule has 3 rings (SSSR count). The summed E-state index contributed by atoms with van der Waals surface area (Å²) in [7, 11) is -3.48. The van der Waals surface area contributed by atoms with Crippen LogP contribution < -0.4 is 0 Å². The fourth-order valence-corrected chi connectivity index (χ4v) is 5.27. The predicted molar refractivity (Wildman–Crippen MR) is 110 cm³/mol. The Labute approximate surface area is 167 Å². The minimum atomic E-state index is -3.48. The highest BCUT2D eigenvalue weighted by molar-refractivity contribution is 7.89. The van der Waals surface area contributed by atoms with E-state index in [1.54, 1.807) is 12.1 Å². The summed E-state index contributed by atoms with van der Waals surface area (Å²) >= 11 is 0. The minimum absolute atomic E-state index is 0.0997. The van der Waals surface area contributed by atoms with E-state index in [-0.39, 0.29) is 5.78 Å². The third kappa shape index (κ3) is 4.06. The number of hydrogen-bond acceptors (Lipinski definition) is 4. The molecule has 152 valence electrons. The number of rotatable bonds is 6.